The molecule has 12 heavy (non-hydrogen) atoms. The molecule has 0 unspecified atom stereocenters. The van der Waals surface area contributed by atoms with Gasteiger partial charge in [0.2, 0.25) is 0 Å². The summed E-state index contributed by atoms with van der Waals surface area (Å²) in [5, 5.41) is 7.00. The lowest BCUT2D eigenvalue weighted by Crippen LogP contribution is -1.91. The number of carbonyl (C=O) groups excluding carboxylic acids is 1. The SMILES string of the molecule is CO.Nc1ccc(Br)cc1C=O. The Morgan fingerprint density at radius 2 is 2.08 bits per heavy atom. The van der Waals surface area contributed by atoms with Gasteiger partial charge in [0.1, 0.15) is 0 Å². The molecular weight excluding hydrogens is 222 g/mol. The highest BCUT2D eigenvalue weighted by Crippen LogP contribution is 2.16. The van der Waals surface area contributed by atoms with Crippen LogP contribution in [-0.4, -0.2) is 18.5 Å². The molecule has 1 aromatic carbocycles. The van der Waals surface area contributed by atoms with E-state index in [0.29, 0.717) is 11.3 Å². The van der Waals surface area contributed by atoms with Crippen molar-refractivity contribution in [3.05, 3.63) is 28.2 Å². The van der Waals surface area contributed by atoms with Crippen molar-refractivity contribution in [2.75, 3.05) is 12.8 Å². The van der Waals surface area contributed by atoms with Gasteiger partial charge < -0.3 is 10.8 Å². The van der Waals surface area contributed by atoms with Crippen LogP contribution in [0.25, 0.3) is 0 Å². The molecule has 0 aromatic heterocycles. The summed E-state index contributed by atoms with van der Waals surface area (Å²) in [6, 6.07) is 5.17. The van der Waals surface area contributed by atoms with Crippen molar-refractivity contribution in [2.45, 2.75) is 0 Å². The van der Waals surface area contributed by atoms with Crippen LogP contribution in [0.3, 0.4) is 0 Å². The molecule has 0 fully saturated rings. The minimum absolute atomic E-state index is 0.512. The Bertz CT molecular complexity index is 263. The van der Waals surface area contributed by atoms with Gasteiger partial charge in [-0.2, -0.15) is 0 Å². The molecule has 0 aliphatic heterocycles. The maximum Gasteiger partial charge on any atom is 0.152 e. The van der Waals surface area contributed by atoms with Crippen molar-refractivity contribution < 1.29 is 9.90 Å². The van der Waals surface area contributed by atoms with Gasteiger partial charge in [-0.3, -0.25) is 4.79 Å². The van der Waals surface area contributed by atoms with Crippen molar-refractivity contribution in [1.29, 1.82) is 0 Å². The summed E-state index contributed by atoms with van der Waals surface area (Å²) in [5.74, 6) is 0. The average molecular weight is 232 g/mol. The Kier molecular flexibility index (Phi) is 5.32. The van der Waals surface area contributed by atoms with Gasteiger partial charge >= 0.3 is 0 Å². The largest absolute Gasteiger partial charge is 0.400 e. The molecule has 0 saturated carbocycles. The number of nitrogens with two attached hydrogens (primary N) is 1. The number of hydrogen-bond donors (Lipinski definition) is 2. The molecule has 3 N–H and O–H groups in total. The van der Waals surface area contributed by atoms with Gasteiger partial charge in [-0.15, -0.1) is 0 Å². The van der Waals surface area contributed by atoms with Gasteiger partial charge in [0.25, 0.3) is 0 Å². The Balaban J connectivity index is 0.000000561. The maximum atomic E-state index is 10.3. The molecule has 0 bridgehead atoms. The van der Waals surface area contributed by atoms with Crippen LogP contribution >= 0.6 is 15.9 Å². The number of aliphatic hydroxyl groups excluding tert-OH is 1. The van der Waals surface area contributed by atoms with Crippen LogP contribution < -0.4 is 5.73 Å². The lowest BCUT2D eigenvalue weighted by Gasteiger charge is -1.96. The monoisotopic (exact) mass is 231 g/mol. The topological polar surface area (TPSA) is 63.3 Å². The van der Waals surface area contributed by atoms with Crippen molar-refractivity contribution in [3.63, 3.8) is 0 Å². The lowest BCUT2D eigenvalue weighted by atomic mass is 10.2. The number of nitrogen functional groups attached to an aromatic ring is 1. The van der Waals surface area contributed by atoms with Crippen LogP contribution in [0.1, 0.15) is 10.4 Å². The Labute approximate surface area is 79.3 Å². The van der Waals surface area contributed by atoms with Crippen LogP contribution in [0.5, 0.6) is 0 Å². The van der Waals surface area contributed by atoms with Gasteiger partial charge in [0.15, 0.2) is 6.29 Å². The molecule has 0 aliphatic rings. The lowest BCUT2D eigenvalue weighted by molar-refractivity contribution is 0.112. The number of halogens is 1. The summed E-state index contributed by atoms with van der Waals surface area (Å²) in [7, 11) is 1.00. The molecule has 0 heterocycles. The number of anilines is 1. The maximum absolute atomic E-state index is 10.3. The van der Waals surface area contributed by atoms with Gasteiger partial charge in [-0.1, -0.05) is 15.9 Å². The molecule has 4 heteroatoms. The molecule has 0 atom stereocenters. The van der Waals surface area contributed by atoms with E-state index < -0.39 is 0 Å². The van der Waals surface area contributed by atoms with Gasteiger partial charge in [0.05, 0.1) is 0 Å². The molecule has 0 amide bonds. The zero-order chi connectivity index (χ0) is 9.56. The van der Waals surface area contributed by atoms with Crippen LogP contribution in [0.4, 0.5) is 5.69 Å². The normalized spacial score (nSPS) is 8.25. The van der Waals surface area contributed by atoms with Crippen molar-refractivity contribution in [1.82, 2.24) is 0 Å². The number of carbonyl (C=O) groups is 1. The van der Waals surface area contributed by atoms with E-state index in [9.17, 15) is 4.79 Å². The van der Waals surface area contributed by atoms with E-state index in [0.717, 1.165) is 17.9 Å². The molecule has 66 valence electrons. The van der Waals surface area contributed by atoms with E-state index in [2.05, 4.69) is 15.9 Å². The van der Waals surface area contributed by atoms with E-state index in [1.807, 2.05) is 0 Å². The van der Waals surface area contributed by atoms with E-state index in [1.54, 1.807) is 18.2 Å². The minimum Gasteiger partial charge on any atom is -0.400 e. The third-order valence-electron chi connectivity index (χ3n) is 1.18. The molecule has 0 spiro atoms. The number of benzene rings is 1. The zero-order valence-electron chi connectivity index (χ0n) is 6.62. The summed E-state index contributed by atoms with van der Waals surface area (Å²) in [5.41, 5.74) is 6.48. The fourth-order valence-corrected chi connectivity index (χ4v) is 1.03. The van der Waals surface area contributed by atoms with Gasteiger partial charge in [0, 0.05) is 22.8 Å². The molecule has 0 radical (unpaired) electrons. The predicted molar refractivity (Wildman–Crippen MR) is 52.1 cm³/mol. The molecular formula is C8H10BrNO2. The van der Waals surface area contributed by atoms with Crippen molar-refractivity contribution in [2.24, 2.45) is 0 Å². The summed E-state index contributed by atoms with van der Waals surface area (Å²) < 4.78 is 0.865. The third kappa shape index (κ3) is 3.02. The molecule has 1 aromatic rings. The number of aldehydes is 1. The minimum atomic E-state index is 0.512. The highest BCUT2D eigenvalue weighted by Gasteiger charge is 1.95. The van der Waals surface area contributed by atoms with Crippen LogP contribution in [0.15, 0.2) is 22.7 Å². The van der Waals surface area contributed by atoms with Crippen LogP contribution in [0, 0.1) is 0 Å². The van der Waals surface area contributed by atoms with Gasteiger partial charge in [-0.05, 0) is 18.2 Å². The van der Waals surface area contributed by atoms with Crippen molar-refractivity contribution in [3.8, 4) is 0 Å². The summed E-state index contributed by atoms with van der Waals surface area (Å²) >= 11 is 3.22. The molecule has 3 nitrogen and oxygen atoms in total. The van der Waals surface area contributed by atoms with Crippen LogP contribution in [-0.2, 0) is 0 Å². The fraction of sp³-hybridized carbons (Fsp3) is 0.125. The first-order valence-electron chi connectivity index (χ1n) is 3.19. The first-order valence-corrected chi connectivity index (χ1v) is 3.98. The van der Waals surface area contributed by atoms with Crippen molar-refractivity contribution >= 4 is 27.9 Å². The van der Waals surface area contributed by atoms with Gasteiger partial charge in [-0.25, -0.2) is 0 Å². The first-order chi connectivity index (χ1) is 5.74. The van der Waals surface area contributed by atoms with E-state index in [4.69, 9.17) is 10.8 Å². The molecule has 0 aliphatic carbocycles. The van der Waals surface area contributed by atoms with Crippen LogP contribution in [0.2, 0.25) is 0 Å². The Morgan fingerprint density at radius 3 is 2.50 bits per heavy atom. The highest BCUT2D eigenvalue weighted by molar-refractivity contribution is 9.10. The smallest absolute Gasteiger partial charge is 0.152 e. The number of aliphatic hydroxyl groups is 1. The van der Waals surface area contributed by atoms with E-state index >= 15 is 0 Å². The molecule has 0 saturated heterocycles. The summed E-state index contributed by atoms with van der Waals surface area (Å²) in [4.78, 5) is 10.3. The first kappa shape index (κ1) is 11.1. The Morgan fingerprint density at radius 1 is 1.50 bits per heavy atom. The fourth-order valence-electron chi connectivity index (χ4n) is 0.648. The second-order valence-electron chi connectivity index (χ2n) is 1.89. The second-order valence-corrected chi connectivity index (χ2v) is 2.81. The number of hydrogen-bond acceptors (Lipinski definition) is 3. The Hall–Kier alpha value is -0.870. The number of rotatable bonds is 1. The highest BCUT2D eigenvalue weighted by atomic mass is 79.9. The molecule has 1 rings (SSSR count). The standard InChI is InChI=1S/C7H6BrNO.CH4O/c8-6-1-2-7(9)5(3-6)4-10;1-2/h1-4H,9H2;2H,1H3. The van der Waals surface area contributed by atoms with E-state index in [-0.39, 0.29) is 0 Å². The summed E-state index contributed by atoms with van der Waals surface area (Å²) in [6.45, 7) is 0. The predicted octanol–water partition coefficient (Wildman–Crippen LogP) is 1.45. The summed E-state index contributed by atoms with van der Waals surface area (Å²) in [6.07, 6.45) is 0.736. The quantitative estimate of drug-likeness (QED) is 0.569. The van der Waals surface area contributed by atoms with E-state index in [1.165, 1.54) is 0 Å². The third-order valence-corrected chi connectivity index (χ3v) is 1.67. The zero-order valence-corrected chi connectivity index (χ0v) is 8.21. The second kappa shape index (κ2) is 5.74. The average Bonchev–Trinajstić information content (AvgIpc) is 2.13.